The SMILES string of the molecule is COc1cc(F)c(C(Br)Cc2ccccc2C)c(F)c1. The average Bonchev–Trinajstić information content (AvgIpc) is 2.40. The van der Waals surface area contributed by atoms with E-state index in [0.717, 1.165) is 11.1 Å². The van der Waals surface area contributed by atoms with Crippen molar-refractivity contribution in [2.24, 2.45) is 0 Å². The largest absolute Gasteiger partial charge is 0.497 e. The van der Waals surface area contributed by atoms with Gasteiger partial charge in [0.05, 0.1) is 7.11 Å². The van der Waals surface area contributed by atoms with Crippen molar-refractivity contribution in [3.05, 3.63) is 64.7 Å². The first-order valence-corrected chi connectivity index (χ1v) is 7.16. The van der Waals surface area contributed by atoms with Crippen LogP contribution in [0.1, 0.15) is 21.5 Å². The monoisotopic (exact) mass is 340 g/mol. The Hall–Kier alpha value is -1.42. The standard InChI is InChI=1S/C16H15BrF2O/c1-10-5-3-4-6-11(10)7-13(17)16-14(18)8-12(20-2)9-15(16)19/h3-6,8-9,13H,7H2,1-2H3. The van der Waals surface area contributed by atoms with Gasteiger partial charge in [0, 0.05) is 22.5 Å². The molecular formula is C16H15BrF2O. The molecule has 2 rings (SSSR count). The first-order valence-electron chi connectivity index (χ1n) is 6.24. The van der Waals surface area contributed by atoms with Crippen molar-refractivity contribution in [2.45, 2.75) is 18.2 Å². The number of halogens is 3. The van der Waals surface area contributed by atoms with Crippen molar-refractivity contribution in [3.63, 3.8) is 0 Å². The van der Waals surface area contributed by atoms with E-state index < -0.39 is 16.5 Å². The average molecular weight is 341 g/mol. The second-order valence-electron chi connectivity index (χ2n) is 4.60. The third-order valence-electron chi connectivity index (χ3n) is 3.26. The summed E-state index contributed by atoms with van der Waals surface area (Å²) in [6, 6.07) is 10.2. The van der Waals surface area contributed by atoms with Crippen LogP contribution in [-0.2, 0) is 6.42 Å². The molecule has 106 valence electrons. The summed E-state index contributed by atoms with van der Waals surface area (Å²) in [4.78, 5) is -0.422. The van der Waals surface area contributed by atoms with Crippen molar-refractivity contribution in [1.29, 1.82) is 0 Å². The van der Waals surface area contributed by atoms with Gasteiger partial charge >= 0.3 is 0 Å². The molecule has 2 aromatic carbocycles. The zero-order valence-corrected chi connectivity index (χ0v) is 12.9. The molecule has 0 aromatic heterocycles. The predicted molar refractivity (Wildman–Crippen MR) is 79.5 cm³/mol. The Bertz CT molecular complexity index is 590. The molecule has 0 amide bonds. The highest BCUT2D eigenvalue weighted by atomic mass is 79.9. The number of hydrogen-bond acceptors (Lipinski definition) is 1. The minimum Gasteiger partial charge on any atom is -0.497 e. The first-order chi connectivity index (χ1) is 9.52. The Morgan fingerprint density at radius 3 is 2.30 bits per heavy atom. The molecule has 1 atom stereocenters. The molecule has 0 fully saturated rings. The lowest BCUT2D eigenvalue weighted by Gasteiger charge is -2.15. The predicted octanol–water partition coefficient (Wildman–Crippen LogP) is 4.96. The molecule has 0 N–H and O–H groups in total. The van der Waals surface area contributed by atoms with Gasteiger partial charge in [0.25, 0.3) is 0 Å². The Morgan fingerprint density at radius 1 is 1.15 bits per heavy atom. The van der Waals surface area contributed by atoms with E-state index >= 15 is 0 Å². The number of methoxy groups -OCH3 is 1. The lowest BCUT2D eigenvalue weighted by atomic mass is 10.00. The first kappa shape index (κ1) is 15.0. The third-order valence-corrected chi connectivity index (χ3v) is 4.04. The van der Waals surface area contributed by atoms with Crippen LogP contribution < -0.4 is 4.74 Å². The fourth-order valence-electron chi connectivity index (χ4n) is 2.11. The van der Waals surface area contributed by atoms with E-state index in [0.29, 0.717) is 6.42 Å². The Labute approximate surface area is 125 Å². The molecule has 0 radical (unpaired) electrons. The van der Waals surface area contributed by atoms with Gasteiger partial charge in [-0.25, -0.2) is 8.78 Å². The molecule has 2 aromatic rings. The number of alkyl halides is 1. The summed E-state index contributed by atoms with van der Waals surface area (Å²) >= 11 is 3.38. The molecule has 4 heteroatoms. The molecular weight excluding hydrogens is 326 g/mol. The lowest BCUT2D eigenvalue weighted by Crippen LogP contribution is -2.04. The highest BCUT2D eigenvalue weighted by Gasteiger charge is 2.20. The van der Waals surface area contributed by atoms with Crippen LogP contribution in [0, 0.1) is 18.6 Å². The molecule has 1 unspecified atom stereocenters. The summed E-state index contributed by atoms with van der Waals surface area (Å²) in [5.74, 6) is -1.02. The minimum absolute atomic E-state index is 0.0362. The summed E-state index contributed by atoms with van der Waals surface area (Å²) in [6.07, 6.45) is 0.521. The van der Waals surface area contributed by atoms with Gasteiger partial charge < -0.3 is 4.74 Å². The zero-order chi connectivity index (χ0) is 14.7. The van der Waals surface area contributed by atoms with Crippen LogP contribution in [-0.4, -0.2) is 7.11 Å². The molecule has 0 saturated carbocycles. The van der Waals surface area contributed by atoms with Gasteiger partial charge in [-0.2, -0.15) is 0 Å². The molecule has 0 aliphatic rings. The highest BCUT2D eigenvalue weighted by Crippen LogP contribution is 2.33. The summed E-state index contributed by atoms with van der Waals surface area (Å²) in [6.45, 7) is 1.98. The van der Waals surface area contributed by atoms with Crippen molar-refractivity contribution in [1.82, 2.24) is 0 Å². The Balaban J connectivity index is 2.30. The van der Waals surface area contributed by atoms with E-state index in [9.17, 15) is 8.78 Å². The van der Waals surface area contributed by atoms with Crippen LogP contribution in [0.15, 0.2) is 36.4 Å². The van der Waals surface area contributed by atoms with Gasteiger partial charge in [0.1, 0.15) is 17.4 Å². The van der Waals surface area contributed by atoms with E-state index in [1.54, 1.807) is 0 Å². The smallest absolute Gasteiger partial charge is 0.134 e. The van der Waals surface area contributed by atoms with Crippen LogP contribution in [0.3, 0.4) is 0 Å². The van der Waals surface area contributed by atoms with Crippen molar-refractivity contribution >= 4 is 15.9 Å². The van der Waals surface area contributed by atoms with Gasteiger partial charge in [-0.3, -0.25) is 0 Å². The second-order valence-corrected chi connectivity index (χ2v) is 5.71. The molecule has 0 saturated heterocycles. The van der Waals surface area contributed by atoms with E-state index in [1.807, 2.05) is 31.2 Å². The quantitative estimate of drug-likeness (QED) is 0.714. The number of hydrogen-bond donors (Lipinski definition) is 0. The topological polar surface area (TPSA) is 9.23 Å². The van der Waals surface area contributed by atoms with Crippen molar-refractivity contribution in [3.8, 4) is 5.75 Å². The maximum Gasteiger partial charge on any atom is 0.134 e. The lowest BCUT2D eigenvalue weighted by molar-refractivity contribution is 0.405. The van der Waals surface area contributed by atoms with Gasteiger partial charge in [-0.15, -0.1) is 0 Å². The van der Waals surface area contributed by atoms with Crippen LogP contribution in [0.2, 0.25) is 0 Å². The fourth-order valence-corrected chi connectivity index (χ4v) is 2.90. The number of ether oxygens (including phenoxy) is 1. The van der Waals surface area contributed by atoms with Crippen molar-refractivity contribution < 1.29 is 13.5 Å². The summed E-state index contributed by atoms with van der Waals surface area (Å²) in [5.41, 5.74) is 2.20. The molecule has 20 heavy (non-hydrogen) atoms. The molecule has 0 aliphatic carbocycles. The van der Waals surface area contributed by atoms with Crippen LogP contribution in [0.5, 0.6) is 5.75 Å². The number of aryl methyl sites for hydroxylation is 1. The van der Waals surface area contributed by atoms with E-state index in [2.05, 4.69) is 15.9 Å². The van der Waals surface area contributed by atoms with Gasteiger partial charge in [-0.1, -0.05) is 40.2 Å². The molecule has 0 bridgehead atoms. The summed E-state index contributed by atoms with van der Waals surface area (Å²) in [5, 5.41) is 0. The maximum atomic E-state index is 14.0. The maximum absolute atomic E-state index is 14.0. The van der Waals surface area contributed by atoms with Gasteiger partial charge in [-0.05, 0) is 24.5 Å². The van der Waals surface area contributed by atoms with E-state index in [-0.39, 0.29) is 11.3 Å². The minimum atomic E-state index is -0.600. The normalized spacial score (nSPS) is 12.2. The molecule has 0 heterocycles. The molecule has 0 spiro atoms. The van der Waals surface area contributed by atoms with E-state index in [4.69, 9.17) is 4.74 Å². The zero-order valence-electron chi connectivity index (χ0n) is 11.3. The van der Waals surface area contributed by atoms with Crippen LogP contribution in [0.4, 0.5) is 8.78 Å². The number of benzene rings is 2. The molecule has 1 nitrogen and oxygen atoms in total. The van der Waals surface area contributed by atoms with Crippen LogP contribution in [0.25, 0.3) is 0 Å². The van der Waals surface area contributed by atoms with Crippen LogP contribution >= 0.6 is 15.9 Å². The summed E-state index contributed by atoms with van der Waals surface area (Å²) in [7, 11) is 1.38. The molecule has 0 aliphatic heterocycles. The fraction of sp³-hybridized carbons (Fsp3) is 0.250. The van der Waals surface area contributed by atoms with Gasteiger partial charge in [0.2, 0.25) is 0 Å². The van der Waals surface area contributed by atoms with Crippen molar-refractivity contribution in [2.75, 3.05) is 7.11 Å². The highest BCUT2D eigenvalue weighted by molar-refractivity contribution is 9.09. The third kappa shape index (κ3) is 3.18. The Kier molecular flexibility index (Phi) is 4.76. The summed E-state index contributed by atoms with van der Waals surface area (Å²) < 4.78 is 32.9. The number of rotatable bonds is 4. The van der Waals surface area contributed by atoms with E-state index in [1.165, 1.54) is 19.2 Å². The second kappa shape index (κ2) is 6.35. The van der Waals surface area contributed by atoms with Gasteiger partial charge in [0.15, 0.2) is 0 Å². The Morgan fingerprint density at radius 2 is 1.75 bits per heavy atom.